The number of amides is 1. The maximum Gasteiger partial charge on any atom is 0.312 e. The summed E-state index contributed by atoms with van der Waals surface area (Å²) in [5, 5.41) is 17.9. The molecule has 140 valence electrons. The standard InChI is InChI=1S/C18H25N5O3/c1-13-18(23(25)26)14(2)22(20-13)12-17(24)19-11-5-6-15-7-9-16(10-8-15)21(3)4/h7-10H,5-6,11-12H2,1-4H3,(H,19,24). The second-order valence-corrected chi connectivity index (χ2v) is 6.45. The number of nitrogens with one attached hydrogen (secondary N) is 1. The third-order valence-corrected chi connectivity index (χ3v) is 4.24. The van der Waals surface area contributed by atoms with Gasteiger partial charge in [-0.25, -0.2) is 0 Å². The molecule has 2 rings (SSSR count). The smallest absolute Gasteiger partial charge is 0.312 e. The number of anilines is 1. The molecular formula is C18H25N5O3. The Kier molecular flexibility index (Phi) is 6.32. The molecule has 0 spiro atoms. The lowest BCUT2D eigenvalue weighted by Crippen LogP contribution is -2.29. The number of nitrogens with zero attached hydrogens (tertiary/aromatic N) is 4. The van der Waals surface area contributed by atoms with Crippen molar-refractivity contribution in [1.29, 1.82) is 0 Å². The van der Waals surface area contributed by atoms with E-state index in [1.54, 1.807) is 13.8 Å². The lowest BCUT2D eigenvalue weighted by Gasteiger charge is -2.12. The number of carbonyl (C=O) groups is 1. The summed E-state index contributed by atoms with van der Waals surface area (Å²) in [5.41, 5.74) is 3.06. The molecule has 8 nitrogen and oxygen atoms in total. The summed E-state index contributed by atoms with van der Waals surface area (Å²) in [6, 6.07) is 8.33. The summed E-state index contributed by atoms with van der Waals surface area (Å²) in [6.45, 7) is 3.71. The monoisotopic (exact) mass is 359 g/mol. The fourth-order valence-corrected chi connectivity index (χ4v) is 2.78. The van der Waals surface area contributed by atoms with Crippen LogP contribution in [0.15, 0.2) is 24.3 Å². The highest BCUT2D eigenvalue weighted by atomic mass is 16.6. The van der Waals surface area contributed by atoms with Crippen molar-refractivity contribution in [2.24, 2.45) is 0 Å². The summed E-state index contributed by atoms with van der Waals surface area (Å²) >= 11 is 0. The average molecular weight is 359 g/mol. The zero-order chi connectivity index (χ0) is 19.3. The minimum atomic E-state index is -0.465. The van der Waals surface area contributed by atoms with E-state index in [0.717, 1.165) is 18.5 Å². The number of aromatic nitrogens is 2. The van der Waals surface area contributed by atoms with E-state index in [4.69, 9.17) is 0 Å². The van der Waals surface area contributed by atoms with Crippen molar-refractivity contribution in [2.45, 2.75) is 33.2 Å². The number of carbonyl (C=O) groups excluding carboxylic acids is 1. The van der Waals surface area contributed by atoms with E-state index in [0.29, 0.717) is 17.9 Å². The van der Waals surface area contributed by atoms with Crippen molar-refractivity contribution in [3.63, 3.8) is 0 Å². The zero-order valence-electron chi connectivity index (χ0n) is 15.7. The zero-order valence-corrected chi connectivity index (χ0v) is 15.7. The van der Waals surface area contributed by atoms with Gasteiger partial charge >= 0.3 is 5.69 Å². The SMILES string of the molecule is Cc1nn(CC(=O)NCCCc2ccc(N(C)C)cc2)c(C)c1[N+](=O)[O-]. The molecule has 2 aromatic rings. The minimum absolute atomic E-state index is 0.0158. The van der Waals surface area contributed by atoms with E-state index in [1.807, 2.05) is 19.0 Å². The molecule has 0 atom stereocenters. The van der Waals surface area contributed by atoms with E-state index in [1.165, 1.54) is 10.2 Å². The summed E-state index contributed by atoms with van der Waals surface area (Å²) in [7, 11) is 4.00. The number of nitro groups is 1. The summed E-state index contributed by atoms with van der Waals surface area (Å²) in [6.07, 6.45) is 1.70. The average Bonchev–Trinajstić information content (AvgIpc) is 2.85. The van der Waals surface area contributed by atoms with Gasteiger partial charge in [0.15, 0.2) is 0 Å². The molecule has 0 saturated carbocycles. The van der Waals surface area contributed by atoms with Crippen LogP contribution in [0.3, 0.4) is 0 Å². The molecular weight excluding hydrogens is 334 g/mol. The summed E-state index contributed by atoms with van der Waals surface area (Å²) < 4.78 is 1.38. The molecule has 0 aliphatic rings. The van der Waals surface area contributed by atoms with Crippen molar-refractivity contribution >= 4 is 17.3 Å². The predicted octanol–water partition coefficient (Wildman–Crippen LogP) is 2.22. The Morgan fingerprint density at radius 1 is 1.27 bits per heavy atom. The van der Waals surface area contributed by atoms with Gasteiger partial charge in [-0.2, -0.15) is 5.10 Å². The van der Waals surface area contributed by atoms with Crippen molar-refractivity contribution in [1.82, 2.24) is 15.1 Å². The van der Waals surface area contributed by atoms with Gasteiger partial charge in [-0.05, 0) is 44.4 Å². The highest BCUT2D eigenvalue weighted by Crippen LogP contribution is 2.21. The highest BCUT2D eigenvalue weighted by Gasteiger charge is 2.22. The number of hydrogen-bond donors (Lipinski definition) is 1. The second kappa shape index (κ2) is 8.46. The Balaban J connectivity index is 1.79. The molecule has 0 aliphatic heterocycles. The normalized spacial score (nSPS) is 10.6. The van der Waals surface area contributed by atoms with Crippen LogP contribution in [0.2, 0.25) is 0 Å². The van der Waals surface area contributed by atoms with Crippen LogP contribution in [0.25, 0.3) is 0 Å². The molecule has 26 heavy (non-hydrogen) atoms. The van der Waals surface area contributed by atoms with E-state index in [2.05, 4.69) is 34.7 Å². The van der Waals surface area contributed by atoms with Gasteiger partial charge in [-0.3, -0.25) is 19.6 Å². The van der Waals surface area contributed by atoms with Crippen LogP contribution in [0.4, 0.5) is 11.4 Å². The third kappa shape index (κ3) is 4.81. The van der Waals surface area contributed by atoms with Gasteiger partial charge < -0.3 is 10.2 Å². The molecule has 0 saturated heterocycles. The molecule has 0 fully saturated rings. The van der Waals surface area contributed by atoms with Crippen molar-refractivity contribution in [3.05, 3.63) is 51.3 Å². The molecule has 1 aromatic heterocycles. The first-order valence-electron chi connectivity index (χ1n) is 8.51. The van der Waals surface area contributed by atoms with Crippen LogP contribution in [0, 0.1) is 24.0 Å². The fourth-order valence-electron chi connectivity index (χ4n) is 2.78. The lowest BCUT2D eigenvalue weighted by molar-refractivity contribution is -0.386. The molecule has 0 radical (unpaired) electrons. The van der Waals surface area contributed by atoms with Crippen LogP contribution in [0.1, 0.15) is 23.4 Å². The number of rotatable bonds is 8. The largest absolute Gasteiger partial charge is 0.378 e. The minimum Gasteiger partial charge on any atom is -0.378 e. The predicted molar refractivity (Wildman–Crippen MR) is 100 cm³/mol. The van der Waals surface area contributed by atoms with Crippen LogP contribution < -0.4 is 10.2 Å². The molecule has 0 aliphatic carbocycles. The van der Waals surface area contributed by atoms with Crippen LogP contribution >= 0.6 is 0 Å². The first-order valence-corrected chi connectivity index (χ1v) is 8.51. The summed E-state index contributed by atoms with van der Waals surface area (Å²) in [4.78, 5) is 24.6. The van der Waals surface area contributed by atoms with E-state index in [-0.39, 0.29) is 18.1 Å². The van der Waals surface area contributed by atoms with Crippen molar-refractivity contribution in [3.8, 4) is 0 Å². The van der Waals surface area contributed by atoms with E-state index >= 15 is 0 Å². The first-order chi connectivity index (χ1) is 12.3. The summed E-state index contributed by atoms with van der Waals surface area (Å²) in [5.74, 6) is -0.201. The maximum atomic E-state index is 12.0. The van der Waals surface area contributed by atoms with Gasteiger partial charge in [0, 0.05) is 26.3 Å². The van der Waals surface area contributed by atoms with Crippen molar-refractivity contribution in [2.75, 3.05) is 25.5 Å². The van der Waals surface area contributed by atoms with Gasteiger partial charge in [0.2, 0.25) is 5.91 Å². The van der Waals surface area contributed by atoms with Crippen LogP contribution in [-0.2, 0) is 17.8 Å². The number of hydrogen-bond acceptors (Lipinski definition) is 5. The Morgan fingerprint density at radius 2 is 1.92 bits per heavy atom. The van der Waals surface area contributed by atoms with E-state index < -0.39 is 4.92 Å². The molecule has 1 aromatic carbocycles. The number of benzene rings is 1. The molecule has 0 unspecified atom stereocenters. The first kappa shape index (κ1) is 19.4. The molecule has 1 heterocycles. The van der Waals surface area contributed by atoms with Crippen LogP contribution in [-0.4, -0.2) is 41.3 Å². The topological polar surface area (TPSA) is 93.3 Å². The Bertz CT molecular complexity index is 781. The quantitative estimate of drug-likeness (QED) is 0.443. The van der Waals surface area contributed by atoms with Gasteiger partial charge in [-0.1, -0.05) is 12.1 Å². The molecule has 1 amide bonds. The highest BCUT2D eigenvalue weighted by molar-refractivity contribution is 5.75. The maximum absolute atomic E-state index is 12.0. The Hall–Kier alpha value is -2.90. The van der Waals surface area contributed by atoms with E-state index in [9.17, 15) is 14.9 Å². The van der Waals surface area contributed by atoms with Gasteiger partial charge in [-0.15, -0.1) is 0 Å². The van der Waals surface area contributed by atoms with Crippen molar-refractivity contribution < 1.29 is 9.72 Å². The van der Waals surface area contributed by atoms with Gasteiger partial charge in [0.1, 0.15) is 17.9 Å². The lowest BCUT2D eigenvalue weighted by atomic mass is 10.1. The van der Waals surface area contributed by atoms with Gasteiger partial charge in [0.25, 0.3) is 0 Å². The number of aryl methyl sites for hydroxylation is 2. The second-order valence-electron chi connectivity index (χ2n) is 6.45. The van der Waals surface area contributed by atoms with Gasteiger partial charge in [0.05, 0.1) is 4.92 Å². The fraction of sp³-hybridized carbons (Fsp3) is 0.444. The Labute approximate surface area is 153 Å². The van der Waals surface area contributed by atoms with Crippen LogP contribution in [0.5, 0.6) is 0 Å². The molecule has 1 N–H and O–H groups in total. The molecule has 0 bridgehead atoms. The molecule has 8 heteroatoms. The Morgan fingerprint density at radius 3 is 2.46 bits per heavy atom. The third-order valence-electron chi connectivity index (χ3n) is 4.24.